The highest BCUT2D eigenvalue weighted by Gasteiger charge is 2.54. The number of nitrogens with two attached hydrogens (primary N) is 1. The average molecular weight is 311 g/mol. The Bertz CT molecular complexity index is 758. The maximum Gasteiger partial charge on any atom is 0.280 e. The molecule has 1 aliphatic carbocycles. The molecule has 22 heavy (non-hydrogen) atoms. The molecule has 120 valence electrons. The lowest BCUT2D eigenvalue weighted by molar-refractivity contribution is -0.0981. The summed E-state index contributed by atoms with van der Waals surface area (Å²) < 4.78 is 1.40. The topological polar surface area (TPSA) is 171 Å². The third-order valence-corrected chi connectivity index (χ3v) is 4.38. The fraction of sp³-hybridized carbons (Fsp3) is 0.583. The predicted molar refractivity (Wildman–Crippen MR) is 74.8 cm³/mol. The van der Waals surface area contributed by atoms with Crippen molar-refractivity contribution in [2.24, 2.45) is 5.92 Å². The van der Waals surface area contributed by atoms with Crippen molar-refractivity contribution in [3.05, 3.63) is 16.7 Å². The number of imidazole rings is 1. The van der Waals surface area contributed by atoms with Crippen LogP contribution in [0, 0.1) is 5.92 Å². The number of aliphatic hydroxyl groups is 4. The number of nitrogens with one attached hydrogen (secondary N) is 1. The minimum absolute atomic E-state index is 0.0384. The Morgan fingerprint density at radius 2 is 2.23 bits per heavy atom. The molecule has 3 rings (SSSR count). The molecule has 2 heterocycles. The van der Waals surface area contributed by atoms with Gasteiger partial charge in [0.1, 0.15) is 5.60 Å². The molecule has 0 amide bonds. The van der Waals surface area contributed by atoms with Crippen molar-refractivity contribution < 1.29 is 20.4 Å². The molecule has 10 nitrogen and oxygen atoms in total. The zero-order valence-electron chi connectivity index (χ0n) is 11.5. The van der Waals surface area contributed by atoms with Gasteiger partial charge in [-0.2, -0.15) is 4.98 Å². The van der Waals surface area contributed by atoms with Gasteiger partial charge in [0.05, 0.1) is 31.7 Å². The second-order valence-electron chi connectivity index (χ2n) is 5.53. The van der Waals surface area contributed by atoms with Gasteiger partial charge in [-0.3, -0.25) is 9.78 Å². The highest BCUT2D eigenvalue weighted by molar-refractivity contribution is 5.70. The molecule has 1 aliphatic rings. The summed E-state index contributed by atoms with van der Waals surface area (Å²) in [4.78, 5) is 22.1. The monoisotopic (exact) mass is 311 g/mol. The van der Waals surface area contributed by atoms with E-state index in [1.54, 1.807) is 0 Å². The molecular formula is C12H17N5O5. The molecule has 0 bridgehead atoms. The number of aromatic amines is 1. The molecule has 0 saturated heterocycles. The van der Waals surface area contributed by atoms with Gasteiger partial charge in [-0.15, -0.1) is 0 Å². The summed E-state index contributed by atoms with van der Waals surface area (Å²) in [7, 11) is 0. The number of nitrogen functional groups attached to an aromatic ring is 1. The fourth-order valence-electron chi connectivity index (χ4n) is 3.21. The van der Waals surface area contributed by atoms with Crippen LogP contribution in [0.5, 0.6) is 0 Å². The Balaban J connectivity index is 2.17. The molecule has 7 N–H and O–H groups in total. The van der Waals surface area contributed by atoms with Crippen molar-refractivity contribution in [2.75, 3.05) is 18.9 Å². The number of aromatic nitrogens is 4. The Morgan fingerprint density at radius 3 is 2.86 bits per heavy atom. The molecule has 2 aromatic rings. The predicted octanol–water partition coefficient (Wildman–Crippen LogP) is -2.66. The van der Waals surface area contributed by atoms with Crippen LogP contribution in [0.2, 0.25) is 0 Å². The lowest BCUT2D eigenvalue weighted by atomic mass is 9.88. The lowest BCUT2D eigenvalue weighted by Crippen LogP contribution is -2.47. The van der Waals surface area contributed by atoms with Crippen LogP contribution in [0.4, 0.5) is 5.95 Å². The average Bonchev–Trinajstić information content (AvgIpc) is 2.98. The van der Waals surface area contributed by atoms with Gasteiger partial charge in [0.25, 0.3) is 5.56 Å². The highest BCUT2D eigenvalue weighted by Crippen LogP contribution is 2.44. The number of fused-ring (bicyclic) bond motifs is 1. The van der Waals surface area contributed by atoms with Crippen molar-refractivity contribution in [3.8, 4) is 0 Å². The van der Waals surface area contributed by atoms with E-state index in [9.17, 15) is 25.2 Å². The third kappa shape index (κ3) is 1.92. The first-order valence-corrected chi connectivity index (χ1v) is 6.77. The third-order valence-electron chi connectivity index (χ3n) is 4.38. The van der Waals surface area contributed by atoms with Gasteiger partial charge in [-0.25, -0.2) is 4.98 Å². The van der Waals surface area contributed by atoms with E-state index in [4.69, 9.17) is 5.73 Å². The zero-order chi connectivity index (χ0) is 16.1. The normalized spacial score (nSPS) is 31.9. The van der Waals surface area contributed by atoms with E-state index < -0.39 is 42.4 Å². The maximum absolute atomic E-state index is 11.8. The van der Waals surface area contributed by atoms with Crippen molar-refractivity contribution in [3.63, 3.8) is 0 Å². The molecule has 0 aromatic carbocycles. The summed E-state index contributed by atoms with van der Waals surface area (Å²) >= 11 is 0. The van der Waals surface area contributed by atoms with Gasteiger partial charge >= 0.3 is 0 Å². The van der Waals surface area contributed by atoms with Crippen LogP contribution in [0.3, 0.4) is 0 Å². The van der Waals surface area contributed by atoms with Gasteiger partial charge in [0.15, 0.2) is 11.2 Å². The Labute approximate surface area is 123 Å². The van der Waals surface area contributed by atoms with E-state index in [0.717, 1.165) is 0 Å². The van der Waals surface area contributed by atoms with Crippen molar-refractivity contribution in [2.45, 2.75) is 24.2 Å². The molecule has 10 heteroatoms. The molecule has 0 aliphatic heterocycles. The standard InChI is InChI=1S/C12H17N5O5/c13-11-15-9-8(10(21)16-11)14-4-17(9)7-1-6(20)5(2-18)12(7,22)3-19/h4-7,18-20,22H,1-3H2,(H3,13,15,16,21)/t5-,6+,7+,12+/m1/s1. The summed E-state index contributed by atoms with van der Waals surface area (Å²) in [6.45, 7) is -1.16. The minimum atomic E-state index is -1.76. The number of aliphatic hydroxyl groups excluding tert-OH is 3. The number of H-pyrrole nitrogens is 1. The molecule has 4 atom stereocenters. The Hall–Kier alpha value is -2.01. The largest absolute Gasteiger partial charge is 0.396 e. The number of hydrogen-bond acceptors (Lipinski definition) is 8. The van der Waals surface area contributed by atoms with E-state index in [2.05, 4.69) is 15.0 Å². The highest BCUT2D eigenvalue weighted by atomic mass is 16.3. The van der Waals surface area contributed by atoms with E-state index in [1.165, 1.54) is 10.9 Å². The van der Waals surface area contributed by atoms with Crippen LogP contribution >= 0.6 is 0 Å². The number of hydrogen-bond donors (Lipinski definition) is 6. The lowest BCUT2D eigenvalue weighted by Gasteiger charge is -2.33. The molecule has 2 aromatic heterocycles. The molecule has 1 fully saturated rings. The summed E-state index contributed by atoms with van der Waals surface area (Å²) in [5.74, 6) is -1.02. The van der Waals surface area contributed by atoms with E-state index in [0.29, 0.717) is 0 Å². The summed E-state index contributed by atoms with van der Waals surface area (Å²) in [6, 6.07) is -0.802. The number of anilines is 1. The number of rotatable bonds is 3. The van der Waals surface area contributed by atoms with Crippen molar-refractivity contribution in [1.29, 1.82) is 0 Å². The van der Waals surface area contributed by atoms with Crippen molar-refractivity contribution in [1.82, 2.24) is 19.5 Å². The summed E-state index contributed by atoms with van der Waals surface area (Å²) in [6.07, 6.45) is 0.357. The fourth-order valence-corrected chi connectivity index (χ4v) is 3.21. The van der Waals surface area contributed by atoms with Gasteiger partial charge in [-0.1, -0.05) is 0 Å². The second kappa shape index (κ2) is 5.02. The Morgan fingerprint density at radius 1 is 1.50 bits per heavy atom. The number of nitrogens with zero attached hydrogens (tertiary/aromatic N) is 3. The van der Waals surface area contributed by atoms with Crippen LogP contribution in [0.25, 0.3) is 11.2 Å². The first kappa shape index (κ1) is 14.9. The molecule has 0 spiro atoms. The minimum Gasteiger partial charge on any atom is -0.396 e. The first-order valence-electron chi connectivity index (χ1n) is 6.77. The molecule has 0 unspecified atom stereocenters. The Kier molecular flexibility index (Phi) is 3.40. The maximum atomic E-state index is 11.8. The first-order chi connectivity index (χ1) is 10.4. The van der Waals surface area contributed by atoms with Gasteiger partial charge in [-0.05, 0) is 6.42 Å². The summed E-state index contributed by atoms with van der Waals surface area (Å²) in [5, 5.41) is 39.7. The van der Waals surface area contributed by atoms with E-state index >= 15 is 0 Å². The van der Waals surface area contributed by atoms with E-state index in [-0.39, 0.29) is 23.5 Å². The molecule has 1 saturated carbocycles. The van der Waals surface area contributed by atoms with Crippen LogP contribution in [0.15, 0.2) is 11.1 Å². The summed E-state index contributed by atoms with van der Waals surface area (Å²) in [5.41, 5.74) is 3.42. The van der Waals surface area contributed by atoms with Gasteiger partial charge in [0.2, 0.25) is 5.95 Å². The smallest absolute Gasteiger partial charge is 0.280 e. The van der Waals surface area contributed by atoms with Gasteiger partial charge in [0, 0.05) is 5.92 Å². The molecule has 0 radical (unpaired) electrons. The quantitative estimate of drug-likeness (QED) is 0.356. The van der Waals surface area contributed by atoms with Crippen LogP contribution in [-0.2, 0) is 0 Å². The SMILES string of the molecule is Nc1nc2c(ncn2[C@H]2C[C@H](O)[C@@H](CO)[C@@]2(O)CO)c(=O)[nH]1. The van der Waals surface area contributed by atoms with Gasteiger partial charge < -0.3 is 30.7 Å². The van der Waals surface area contributed by atoms with Crippen LogP contribution in [-0.4, -0.2) is 64.9 Å². The van der Waals surface area contributed by atoms with E-state index in [1.807, 2.05) is 0 Å². The van der Waals surface area contributed by atoms with Crippen LogP contribution in [0.1, 0.15) is 12.5 Å². The second-order valence-corrected chi connectivity index (χ2v) is 5.53. The zero-order valence-corrected chi connectivity index (χ0v) is 11.5. The molecular weight excluding hydrogens is 294 g/mol. The van der Waals surface area contributed by atoms with Crippen LogP contribution < -0.4 is 11.3 Å². The van der Waals surface area contributed by atoms with Crippen molar-refractivity contribution >= 4 is 17.1 Å².